The van der Waals surface area contributed by atoms with E-state index >= 15 is 0 Å². The van der Waals surface area contributed by atoms with E-state index in [1.165, 1.54) is 34.6 Å². The van der Waals surface area contributed by atoms with Gasteiger partial charge < -0.3 is 20.5 Å². The molecule has 14 heteroatoms. The van der Waals surface area contributed by atoms with Gasteiger partial charge in [0.05, 0.1) is 28.7 Å². The average Bonchev–Trinajstić information content (AvgIpc) is 2.79. The molecule has 0 bridgehead atoms. The highest BCUT2D eigenvalue weighted by Gasteiger charge is 2.28. The maximum atomic E-state index is 12.9. The molecule has 1 aliphatic heterocycles. The largest absolute Gasteiger partial charge is 0.452 e. The number of ether oxygens (including phenoxy) is 2. The minimum Gasteiger partial charge on any atom is -0.452 e. The Morgan fingerprint density at radius 2 is 1.91 bits per heavy atom. The van der Waals surface area contributed by atoms with Gasteiger partial charge in [-0.05, 0) is 30.3 Å². The third-order valence-corrected chi connectivity index (χ3v) is 6.98. The number of nitrogens with zero attached hydrogens (tertiary/aromatic N) is 2. The zero-order valence-corrected chi connectivity index (χ0v) is 18.6. The van der Waals surface area contributed by atoms with E-state index in [-0.39, 0.29) is 53.2 Å². The van der Waals surface area contributed by atoms with Crippen LogP contribution in [0.4, 0.5) is 17.1 Å². The summed E-state index contributed by atoms with van der Waals surface area (Å²) in [5, 5.41) is 13.3. The number of halogens is 1. The number of hydrogen-bond acceptors (Lipinski definition) is 9. The predicted molar refractivity (Wildman–Crippen MR) is 117 cm³/mol. The number of sulfonamides is 1. The van der Waals surface area contributed by atoms with Crippen LogP contribution < -0.4 is 11.1 Å². The Balaban J connectivity index is 1.66. The number of hydrogen-bond donors (Lipinski definition) is 2. The molecule has 3 rings (SSSR count). The average molecular weight is 499 g/mol. The molecule has 0 spiro atoms. The number of amides is 1. The molecule has 1 aliphatic rings. The van der Waals surface area contributed by atoms with Crippen LogP contribution in [0.1, 0.15) is 10.4 Å². The topological polar surface area (TPSA) is 171 Å². The van der Waals surface area contributed by atoms with Crippen molar-refractivity contribution in [1.82, 2.24) is 4.31 Å². The molecule has 0 aliphatic carbocycles. The van der Waals surface area contributed by atoms with Crippen molar-refractivity contribution >= 4 is 50.6 Å². The molecule has 0 aromatic heterocycles. The predicted octanol–water partition coefficient (Wildman–Crippen LogP) is 1.65. The summed E-state index contributed by atoms with van der Waals surface area (Å²) in [6.45, 7) is 0.153. The Hall–Kier alpha value is -3.26. The van der Waals surface area contributed by atoms with E-state index in [1.807, 2.05) is 0 Å². The highest BCUT2D eigenvalue weighted by atomic mass is 35.5. The van der Waals surface area contributed by atoms with E-state index in [9.17, 15) is 28.1 Å². The molecule has 0 atom stereocenters. The molecule has 12 nitrogen and oxygen atoms in total. The normalized spacial score (nSPS) is 14.5. The van der Waals surface area contributed by atoms with E-state index in [0.29, 0.717) is 0 Å². The Bertz CT molecular complexity index is 1200. The number of nitrogens with one attached hydrogen (secondary N) is 1. The molecule has 176 valence electrons. The van der Waals surface area contributed by atoms with E-state index in [4.69, 9.17) is 26.8 Å². The lowest BCUT2D eigenvalue weighted by Gasteiger charge is -2.26. The van der Waals surface area contributed by atoms with Gasteiger partial charge in [0.2, 0.25) is 10.0 Å². The lowest BCUT2D eigenvalue weighted by Crippen LogP contribution is -2.40. The van der Waals surface area contributed by atoms with Crippen molar-refractivity contribution < 1.29 is 32.4 Å². The van der Waals surface area contributed by atoms with Gasteiger partial charge in [0.1, 0.15) is 10.6 Å². The van der Waals surface area contributed by atoms with Gasteiger partial charge >= 0.3 is 5.97 Å². The van der Waals surface area contributed by atoms with Gasteiger partial charge in [0.15, 0.2) is 6.61 Å². The fourth-order valence-corrected chi connectivity index (χ4v) is 4.85. The van der Waals surface area contributed by atoms with Crippen molar-refractivity contribution in [3.63, 3.8) is 0 Å². The first-order chi connectivity index (χ1) is 15.6. The molecule has 0 radical (unpaired) electrons. The number of esters is 1. The third kappa shape index (κ3) is 5.76. The van der Waals surface area contributed by atoms with Crippen LogP contribution in [-0.2, 0) is 24.3 Å². The molecule has 1 fully saturated rings. The molecular weight excluding hydrogens is 480 g/mol. The van der Waals surface area contributed by atoms with Crippen LogP contribution in [0, 0.1) is 10.1 Å². The monoisotopic (exact) mass is 498 g/mol. The van der Waals surface area contributed by atoms with Gasteiger partial charge in [0, 0.05) is 24.8 Å². The van der Waals surface area contributed by atoms with E-state index in [2.05, 4.69) is 5.32 Å². The van der Waals surface area contributed by atoms with Gasteiger partial charge in [-0.25, -0.2) is 13.2 Å². The minimum atomic E-state index is -3.91. The molecule has 0 saturated carbocycles. The number of carbonyl (C=O) groups is 2. The van der Waals surface area contributed by atoms with Crippen LogP contribution in [0.2, 0.25) is 5.02 Å². The number of morpholine rings is 1. The second-order valence-electron chi connectivity index (χ2n) is 6.82. The van der Waals surface area contributed by atoms with Crippen LogP contribution in [0.15, 0.2) is 41.3 Å². The summed E-state index contributed by atoms with van der Waals surface area (Å²) in [5.41, 5.74) is 4.85. The fourth-order valence-electron chi connectivity index (χ4n) is 2.95. The quantitative estimate of drug-likeness (QED) is 0.249. The smallest absolute Gasteiger partial charge is 0.338 e. The van der Waals surface area contributed by atoms with Crippen molar-refractivity contribution in [3.05, 3.63) is 57.1 Å². The Labute approximate surface area is 193 Å². The van der Waals surface area contributed by atoms with Crippen molar-refractivity contribution in [2.75, 3.05) is 44.0 Å². The molecule has 1 heterocycles. The SMILES string of the molecule is Nc1ccc(C(=O)OCC(=O)Nc2ccc(Cl)c(S(=O)(=O)N3CCOCC3)c2)cc1[N+](=O)[O-]. The van der Waals surface area contributed by atoms with Gasteiger partial charge in [-0.1, -0.05) is 11.6 Å². The first kappa shape index (κ1) is 24.4. The molecule has 33 heavy (non-hydrogen) atoms. The van der Waals surface area contributed by atoms with E-state index in [0.717, 1.165) is 6.07 Å². The first-order valence-corrected chi connectivity index (χ1v) is 11.3. The van der Waals surface area contributed by atoms with E-state index in [1.54, 1.807) is 0 Å². The van der Waals surface area contributed by atoms with Crippen LogP contribution >= 0.6 is 11.6 Å². The number of benzene rings is 2. The first-order valence-electron chi connectivity index (χ1n) is 9.48. The third-order valence-electron chi connectivity index (χ3n) is 4.60. The highest BCUT2D eigenvalue weighted by molar-refractivity contribution is 7.89. The molecule has 2 aromatic rings. The van der Waals surface area contributed by atoms with Gasteiger partial charge in [0.25, 0.3) is 11.6 Å². The zero-order valence-electron chi connectivity index (χ0n) is 17.0. The summed E-state index contributed by atoms with van der Waals surface area (Å²) >= 11 is 6.08. The Morgan fingerprint density at radius 3 is 2.58 bits per heavy atom. The summed E-state index contributed by atoms with van der Waals surface area (Å²) in [6.07, 6.45) is 0. The minimum absolute atomic E-state index is 0.0177. The summed E-state index contributed by atoms with van der Waals surface area (Å²) in [7, 11) is -3.91. The van der Waals surface area contributed by atoms with Crippen molar-refractivity contribution in [3.8, 4) is 0 Å². The molecule has 0 unspecified atom stereocenters. The van der Waals surface area contributed by atoms with Crippen molar-refractivity contribution in [1.29, 1.82) is 0 Å². The van der Waals surface area contributed by atoms with Gasteiger partial charge in [-0.2, -0.15) is 4.31 Å². The zero-order chi connectivity index (χ0) is 24.2. The summed E-state index contributed by atoms with van der Waals surface area (Å²) < 4.78 is 37.0. The fraction of sp³-hybridized carbons (Fsp3) is 0.263. The van der Waals surface area contributed by atoms with Crippen LogP contribution in [0.25, 0.3) is 0 Å². The van der Waals surface area contributed by atoms with Crippen molar-refractivity contribution in [2.45, 2.75) is 4.90 Å². The maximum absolute atomic E-state index is 12.9. The summed E-state index contributed by atoms with van der Waals surface area (Å²) in [6, 6.07) is 7.27. The van der Waals surface area contributed by atoms with Crippen molar-refractivity contribution in [2.24, 2.45) is 0 Å². The lowest BCUT2D eigenvalue weighted by molar-refractivity contribution is -0.383. The lowest BCUT2D eigenvalue weighted by atomic mass is 10.2. The standard InChI is InChI=1S/C19H19ClN4O8S/c20-14-3-2-13(10-17(14)33(29,30)23-5-7-31-8-6-23)22-18(25)11-32-19(26)12-1-4-15(21)16(9-12)24(27)28/h1-4,9-10H,5-8,11,21H2,(H,22,25). The Kier molecular flexibility index (Phi) is 7.48. The number of nitro benzene ring substituents is 1. The van der Waals surface area contributed by atoms with Crippen LogP contribution in [0.3, 0.4) is 0 Å². The number of nitrogens with two attached hydrogens (primary N) is 1. The molecule has 1 amide bonds. The number of anilines is 2. The number of carbonyl (C=O) groups excluding carboxylic acids is 2. The summed E-state index contributed by atoms with van der Waals surface area (Å²) in [4.78, 5) is 34.3. The Morgan fingerprint density at radius 1 is 1.21 bits per heavy atom. The molecule has 1 saturated heterocycles. The number of nitrogen functional groups attached to an aromatic ring is 1. The van der Waals surface area contributed by atoms with Gasteiger partial charge in [-0.3, -0.25) is 14.9 Å². The van der Waals surface area contributed by atoms with Crippen LogP contribution in [0.5, 0.6) is 0 Å². The molecular formula is C19H19ClN4O8S. The number of rotatable bonds is 7. The second kappa shape index (κ2) is 10.1. The highest BCUT2D eigenvalue weighted by Crippen LogP contribution is 2.28. The van der Waals surface area contributed by atoms with Crippen LogP contribution in [-0.4, -0.2) is 62.4 Å². The molecule has 3 N–H and O–H groups in total. The maximum Gasteiger partial charge on any atom is 0.338 e. The van der Waals surface area contributed by atoms with E-state index < -0.39 is 39.1 Å². The second-order valence-corrected chi connectivity index (χ2v) is 9.13. The van der Waals surface area contributed by atoms with Gasteiger partial charge in [-0.15, -0.1) is 0 Å². The number of nitro groups is 1. The molecule has 2 aromatic carbocycles. The summed E-state index contributed by atoms with van der Waals surface area (Å²) in [5.74, 6) is -1.73.